The molecule has 0 unspecified atom stereocenters. The van der Waals surface area contributed by atoms with E-state index >= 15 is 0 Å². The smallest absolute Gasteiger partial charge is 0.266 e. The minimum Gasteiger partial charge on any atom is -0.593 e. The lowest BCUT2D eigenvalue weighted by molar-refractivity contribution is 0.475. The molecule has 0 aliphatic heterocycles. The van der Waals surface area contributed by atoms with Crippen molar-refractivity contribution in [1.82, 2.24) is 9.97 Å². The fourth-order valence-electron chi connectivity index (χ4n) is 1.67. The number of H-pyrrole nitrogens is 1. The minimum absolute atomic E-state index is 0.213. The van der Waals surface area contributed by atoms with E-state index in [1.165, 1.54) is 6.20 Å². The molecule has 0 bridgehead atoms. The highest BCUT2D eigenvalue weighted by Crippen LogP contribution is 2.25. The van der Waals surface area contributed by atoms with Crippen LogP contribution in [0.2, 0.25) is 0 Å². The number of nitrogens with one attached hydrogen (secondary N) is 1. The molecule has 0 amide bonds. The first kappa shape index (κ1) is 10.4. The maximum Gasteiger partial charge on any atom is 0.266 e. The fourth-order valence-corrected chi connectivity index (χ4v) is 1.67. The van der Waals surface area contributed by atoms with E-state index < -0.39 is 0 Å². The van der Waals surface area contributed by atoms with Gasteiger partial charge in [0.25, 0.3) is 11.3 Å². The summed E-state index contributed by atoms with van der Waals surface area (Å²) >= 11 is 0. The van der Waals surface area contributed by atoms with Crippen molar-refractivity contribution in [3.63, 3.8) is 0 Å². The van der Waals surface area contributed by atoms with Crippen LogP contribution in [0.25, 0.3) is 11.3 Å². The van der Waals surface area contributed by atoms with Gasteiger partial charge in [-0.1, -0.05) is 0 Å². The summed E-state index contributed by atoms with van der Waals surface area (Å²) in [5.41, 5.74) is 3.17. The topological polar surface area (TPSA) is 68.7 Å². The third-order valence-electron chi connectivity index (χ3n) is 2.48. The van der Waals surface area contributed by atoms with Gasteiger partial charge in [0.2, 0.25) is 0 Å². The normalized spacial score (nSPS) is 10.4. The van der Waals surface area contributed by atoms with Crippen molar-refractivity contribution in [3.05, 3.63) is 46.0 Å². The molecule has 0 fully saturated rings. The van der Waals surface area contributed by atoms with Crippen LogP contribution in [-0.4, -0.2) is 15.1 Å². The Labute approximate surface area is 92.6 Å². The maximum atomic E-state index is 11.2. The predicted molar refractivity (Wildman–Crippen MR) is 62.8 cm³/mol. The second-order valence-corrected chi connectivity index (χ2v) is 3.74. The quantitative estimate of drug-likeness (QED) is 0.735. The van der Waals surface area contributed by atoms with Crippen LogP contribution in [0, 0.1) is 13.8 Å². The number of nitrogens with zero attached hydrogens (tertiary/aromatic N) is 1. The first-order chi connectivity index (χ1) is 7.58. The van der Waals surface area contributed by atoms with Crippen molar-refractivity contribution in [2.24, 2.45) is 0 Å². The molecule has 4 nitrogen and oxygen atoms in total. The van der Waals surface area contributed by atoms with Crippen LogP contribution in [-0.2, 0) is 0 Å². The summed E-state index contributed by atoms with van der Waals surface area (Å²) in [6.45, 7) is 3.76. The van der Waals surface area contributed by atoms with Gasteiger partial charge >= 0.3 is 0 Å². The summed E-state index contributed by atoms with van der Waals surface area (Å²) in [6, 6.07) is 5.30. The molecule has 0 atom stereocenters. The highest BCUT2D eigenvalue weighted by atomic mass is 16.3. The zero-order valence-corrected chi connectivity index (χ0v) is 9.16. The molecule has 3 N–H and O–H groups in total. The molecule has 2 rings (SSSR count). The van der Waals surface area contributed by atoms with Gasteiger partial charge in [-0.25, -0.2) is 0 Å². The van der Waals surface area contributed by atoms with Gasteiger partial charge in [-0.05, 0) is 25.5 Å². The van der Waals surface area contributed by atoms with Crippen molar-refractivity contribution in [2.75, 3.05) is 0 Å². The molecule has 0 aliphatic rings. The number of hydrogen-bond acceptors (Lipinski definition) is 2. The Balaban J connectivity index is 2.67. The summed E-state index contributed by atoms with van der Waals surface area (Å²) in [5.74, 6) is 0.463. The lowest BCUT2D eigenvalue weighted by Gasteiger charge is -2.07. The van der Waals surface area contributed by atoms with E-state index in [2.05, 4.69) is 9.97 Å². The maximum absolute atomic E-state index is 11.2. The molecule has 0 radical (unpaired) electrons. The Kier molecular flexibility index (Phi) is 2.48. The SMILES string of the molecule is Cc1cc([OH2+])ccc1-c1[nH]c(=O)cnc1C. The van der Waals surface area contributed by atoms with Crippen LogP contribution in [0.1, 0.15) is 11.3 Å². The van der Waals surface area contributed by atoms with Gasteiger partial charge < -0.3 is 10.1 Å². The molecule has 16 heavy (non-hydrogen) atoms. The largest absolute Gasteiger partial charge is 0.593 e. The second-order valence-electron chi connectivity index (χ2n) is 3.74. The molecule has 1 heterocycles. The van der Waals surface area contributed by atoms with Crippen LogP contribution >= 0.6 is 0 Å². The number of hydrogen-bond donors (Lipinski definition) is 1. The first-order valence-electron chi connectivity index (χ1n) is 4.96. The lowest BCUT2D eigenvalue weighted by atomic mass is 10.0. The van der Waals surface area contributed by atoms with Crippen LogP contribution in [0.5, 0.6) is 5.75 Å². The molecule has 82 valence electrons. The molecular weight excluding hydrogens is 204 g/mol. The molecule has 4 heteroatoms. The summed E-state index contributed by atoms with van der Waals surface area (Å²) < 4.78 is 0. The van der Waals surface area contributed by atoms with E-state index in [9.17, 15) is 4.79 Å². The van der Waals surface area contributed by atoms with Crippen molar-refractivity contribution < 1.29 is 5.11 Å². The van der Waals surface area contributed by atoms with Crippen molar-refractivity contribution in [3.8, 4) is 17.0 Å². The van der Waals surface area contributed by atoms with Crippen molar-refractivity contribution in [1.29, 1.82) is 0 Å². The Morgan fingerprint density at radius 1 is 1.31 bits per heavy atom. The van der Waals surface area contributed by atoms with E-state index in [0.717, 1.165) is 22.5 Å². The molecule has 1 aromatic heterocycles. The van der Waals surface area contributed by atoms with Crippen molar-refractivity contribution in [2.45, 2.75) is 13.8 Å². The van der Waals surface area contributed by atoms with Gasteiger partial charge in [-0.2, -0.15) is 0 Å². The van der Waals surface area contributed by atoms with E-state index in [1.54, 1.807) is 12.1 Å². The van der Waals surface area contributed by atoms with Crippen LogP contribution < -0.4 is 5.56 Å². The third-order valence-corrected chi connectivity index (χ3v) is 2.48. The first-order valence-corrected chi connectivity index (χ1v) is 4.96. The number of aromatic nitrogens is 2. The Bertz CT molecular complexity index is 588. The second kappa shape index (κ2) is 3.81. The third kappa shape index (κ3) is 1.82. The monoisotopic (exact) mass is 217 g/mol. The van der Waals surface area contributed by atoms with E-state index in [4.69, 9.17) is 5.11 Å². The van der Waals surface area contributed by atoms with Gasteiger partial charge in [-0.15, -0.1) is 0 Å². The summed E-state index contributed by atoms with van der Waals surface area (Å²) in [6.07, 6.45) is 1.27. The van der Waals surface area contributed by atoms with Gasteiger partial charge in [-0.3, -0.25) is 9.78 Å². The average molecular weight is 217 g/mol. The number of rotatable bonds is 1. The molecule has 0 spiro atoms. The highest BCUT2D eigenvalue weighted by Gasteiger charge is 2.08. The van der Waals surface area contributed by atoms with Crippen LogP contribution in [0.4, 0.5) is 0 Å². The predicted octanol–water partition coefficient (Wildman–Crippen LogP) is 1.49. The molecule has 0 saturated heterocycles. The van der Waals surface area contributed by atoms with Gasteiger partial charge in [0.1, 0.15) is 0 Å². The number of benzene rings is 1. The zero-order chi connectivity index (χ0) is 11.7. The summed E-state index contributed by atoms with van der Waals surface area (Å²) in [4.78, 5) is 18.0. The average Bonchev–Trinajstić information content (AvgIpc) is 2.22. The van der Waals surface area contributed by atoms with Gasteiger partial charge in [0, 0.05) is 17.7 Å². The van der Waals surface area contributed by atoms with Crippen molar-refractivity contribution >= 4 is 0 Å². The fraction of sp³-hybridized carbons (Fsp3) is 0.167. The molecule has 1 aromatic carbocycles. The molecule has 2 aromatic rings. The van der Waals surface area contributed by atoms with E-state index in [-0.39, 0.29) is 5.56 Å². The minimum atomic E-state index is -0.213. The van der Waals surface area contributed by atoms with E-state index in [0.29, 0.717) is 5.75 Å². The molecular formula is C12H13N2O2+. The standard InChI is InChI=1S/C12H12N2O2/c1-7-5-9(15)3-4-10(7)12-8(2)13-6-11(16)14-12/h3-6,15H,1-2H3,(H,14,16)/p+1. The van der Waals surface area contributed by atoms with Gasteiger partial charge in [0.15, 0.2) is 0 Å². The Morgan fingerprint density at radius 3 is 2.75 bits per heavy atom. The lowest BCUT2D eigenvalue weighted by Crippen LogP contribution is -2.08. The Morgan fingerprint density at radius 2 is 2.06 bits per heavy atom. The number of aryl methyl sites for hydroxylation is 2. The van der Waals surface area contributed by atoms with Gasteiger partial charge in [0.05, 0.1) is 17.6 Å². The van der Waals surface area contributed by atoms with Crippen LogP contribution in [0.15, 0.2) is 29.2 Å². The Hall–Kier alpha value is -2.10. The molecule has 0 saturated carbocycles. The molecule has 0 aliphatic carbocycles. The zero-order valence-electron chi connectivity index (χ0n) is 9.16. The van der Waals surface area contributed by atoms with Crippen LogP contribution in [0.3, 0.4) is 0 Å². The number of aromatic amines is 1. The summed E-state index contributed by atoms with van der Waals surface area (Å²) in [7, 11) is 0. The highest BCUT2D eigenvalue weighted by molar-refractivity contribution is 5.66. The van der Waals surface area contributed by atoms with E-state index in [1.807, 2.05) is 19.9 Å². The summed E-state index contributed by atoms with van der Waals surface area (Å²) in [5, 5.41) is 7.50.